The van der Waals surface area contributed by atoms with Gasteiger partial charge in [0, 0.05) is 6.42 Å². The van der Waals surface area contributed by atoms with Gasteiger partial charge in [-0.1, -0.05) is 18.6 Å². The quantitative estimate of drug-likeness (QED) is 0.922. The molecule has 0 amide bonds. The number of hydrogen-bond donors (Lipinski definition) is 1. The molecule has 1 N–H and O–H groups in total. The molecule has 5 heteroatoms. The van der Waals surface area contributed by atoms with Gasteiger partial charge in [-0.05, 0) is 42.9 Å². The van der Waals surface area contributed by atoms with E-state index in [-0.39, 0.29) is 5.75 Å². The van der Waals surface area contributed by atoms with E-state index in [0.717, 1.165) is 37.2 Å². The van der Waals surface area contributed by atoms with Crippen LogP contribution in [0.2, 0.25) is 0 Å². The van der Waals surface area contributed by atoms with Crippen molar-refractivity contribution in [2.45, 2.75) is 49.9 Å². The molecule has 21 heavy (non-hydrogen) atoms. The van der Waals surface area contributed by atoms with Crippen LogP contribution in [0, 0.1) is 0 Å². The summed E-state index contributed by atoms with van der Waals surface area (Å²) in [6.45, 7) is 0.738. The van der Waals surface area contributed by atoms with E-state index in [1.165, 1.54) is 5.56 Å². The van der Waals surface area contributed by atoms with Crippen LogP contribution in [0.4, 0.5) is 0 Å². The normalized spacial score (nSPS) is 25.1. The highest BCUT2D eigenvalue weighted by molar-refractivity contribution is 7.92. The Morgan fingerprint density at radius 1 is 1.33 bits per heavy atom. The summed E-state index contributed by atoms with van der Waals surface area (Å²) in [4.78, 5) is 0. The second-order valence-electron chi connectivity index (χ2n) is 6.05. The van der Waals surface area contributed by atoms with Gasteiger partial charge < -0.3 is 9.84 Å². The zero-order valence-corrected chi connectivity index (χ0v) is 12.9. The summed E-state index contributed by atoms with van der Waals surface area (Å²) in [7, 11) is -3.11. The van der Waals surface area contributed by atoms with Crippen LogP contribution in [0.15, 0.2) is 18.2 Å². The average molecular weight is 310 g/mol. The number of rotatable bonds is 4. The third kappa shape index (κ3) is 3.24. The molecular weight excluding hydrogens is 288 g/mol. The molecule has 1 fully saturated rings. The van der Waals surface area contributed by atoms with Crippen LogP contribution in [-0.2, 0) is 22.7 Å². The van der Waals surface area contributed by atoms with Crippen molar-refractivity contribution in [1.29, 1.82) is 0 Å². The fourth-order valence-electron chi connectivity index (χ4n) is 3.31. The Hall–Kier alpha value is -1.07. The summed E-state index contributed by atoms with van der Waals surface area (Å²) in [6, 6.07) is 6.10. The summed E-state index contributed by atoms with van der Waals surface area (Å²) >= 11 is 0. The highest BCUT2D eigenvalue weighted by Gasteiger charge is 2.34. The molecule has 2 aliphatic heterocycles. The van der Waals surface area contributed by atoms with Gasteiger partial charge in [0.05, 0.1) is 23.7 Å². The zero-order chi connectivity index (χ0) is 14.9. The Morgan fingerprint density at radius 2 is 2.19 bits per heavy atom. The monoisotopic (exact) mass is 310 g/mol. The zero-order valence-electron chi connectivity index (χ0n) is 12.1. The Balaban J connectivity index is 1.62. The van der Waals surface area contributed by atoms with Crippen LogP contribution in [-0.4, -0.2) is 37.2 Å². The minimum atomic E-state index is -3.11. The molecule has 0 aliphatic carbocycles. The van der Waals surface area contributed by atoms with E-state index in [2.05, 4.69) is 6.07 Å². The van der Waals surface area contributed by atoms with E-state index in [1.54, 1.807) is 0 Å². The van der Waals surface area contributed by atoms with Crippen LogP contribution < -0.4 is 4.74 Å². The van der Waals surface area contributed by atoms with Crippen LogP contribution in [0.3, 0.4) is 0 Å². The molecule has 1 aromatic rings. The number of fused-ring (bicyclic) bond motifs is 1. The van der Waals surface area contributed by atoms with E-state index >= 15 is 0 Å². The standard InChI is InChI=1S/C16H22O4S/c17-14(16-3-1-2-10-21(16,18)19)6-4-12-5-7-15-13(11-12)8-9-20-15/h5,7,11,14,16-17H,1-4,6,8-10H2. The minimum absolute atomic E-state index is 0.227. The first-order valence-corrected chi connectivity index (χ1v) is 9.42. The van der Waals surface area contributed by atoms with Gasteiger partial charge in [-0.15, -0.1) is 0 Å². The van der Waals surface area contributed by atoms with Crippen molar-refractivity contribution in [3.8, 4) is 5.75 Å². The summed E-state index contributed by atoms with van der Waals surface area (Å²) in [5.41, 5.74) is 2.36. The minimum Gasteiger partial charge on any atom is -0.493 e. The molecule has 0 radical (unpaired) electrons. The van der Waals surface area contributed by atoms with Crippen molar-refractivity contribution >= 4 is 9.84 Å². The summed E-state index contributed by atoms with van der Waals surface area (Å²) in [5, 5.41) is 9.69. The molecule has 0 spiro atoms. The molecule has 3 rings (SSSR count). The van der Waals surface area contributed by atoms with Gasteiger partial charge in [0.2, 0.25) is 0 Å². The van der Waals surface area contributed by atoms with E-state index in [4.69, 9.17) is 4.74 Å². The number of aliphatic hydroxyl groups excluding tert-OH is 1. The average Bonchev–Trinajstić information content (AvgIpc) is 2.91. The smallest absolute Gasteiger partial charge is 0.155 e. The molecule has 1 saturated heterocycles. The first-order chi connectivity index (χ1) is 10.1. The third-order valence-electron chi connectivity index (χ3n) is 4.54. The first kappa shape index (κ1) is 14.9. The molecule has 1 aromatic carbocycles. The molecule has 0 saturated carbocycles. The van der Waals surface area contributed by atoms with Crippen molar-refractivity contribution in [3.05, 3.63) is 29.3 Å². The van der Waals surface area contributed by atoms with E-state index < -0.39 is 21.2 Å². The first-order valence-electron chi connectivity index (χ1n) is 7.70. The Labute approximate surface area is 126 Å². The van der Waals surface area contributed by atoms with Gasteiger partial charge in [0.15, 0.2) is 9.84 Å². The van der Waals surface area contributed by atoms with E-state index in [1.807, 2.05) is 12.1 Å². The largest absolute Gasteiger partial charge is 0.493 e. The molecule has 2 heterocycles. The lowest BCUT2D eigenvalue weighted by Gasteiger charge is -2.26. The lowest BCUT2D eigenvalue weighted by atomic mass is 10.00. The number of ether oxygens (including phenoxy) is 1. The number of hydrogen-bond acceptors (Lipinski definition) is 4. The number of aryl methyl sites for hydroxylation is 1. The predicted molar refractivity (Wildman–Crippen MR) is 81.4 cm³/mol. The van der Waals surface area contributed by atoms with Gasteiger partial charge in [-0.25, -0.2) is 8.42 Å². The van der Waals surface area contributed by atoms with Crippen molar-refractivity contribution in [2.24, 2.45) is 0 Å². The number of benzene rings is 1. The summed E-state index contributed by atoms with van der Waals surface area (Å²) < 4.78 is 29.5. The molecule has 2 unspecified atom stereocenters. The molecule has 0 bridgehead atoms. The second-order valence-corrected chi connectivity index (χ2v) is 8.39. The second kappa shape index (κ2) is 5.97. The topological polar surface area (TPSA) is 63.6 Å². The summed E-state index contributed by atoms with van der Waals surface area (Å²) in [5.74, 6) is 1.18. The van der Waals surface area contributed by atoms with Gasteiger partial charge in [-0.3, -0.25) is 0 Å². The van der Waals surface area contributed by atoms with Crippen molar-refractivity contribution in [2.75, 3.05) is 12.4 Å². The van der Waals surface area contributed by atoms with Gasteiger partial charge in [-0.2, -0.15) is 0 Å². The van der Waals surface area contributed by atoms with E-state index in [9.17, 15) is 13.5 Å². The van der Waals surface area contributed by atoms with Crippen molar-refractivity contribution in [3.63, 3.8) is 0 Å². The predicted octanol–water partition coefficient (Wildman–Crippen LogP) is 1.88. The third-order valence-corrected chi connectivity index (χ3v) is 6.87. The van der Waals surface area contributed by atoms with Crippen molar-refractivity contribution < 1.29 is 18.3 Å². The molecule has 0 aromatic heterocycles. The lowest BCUT2D eigenvalue weighted by Crippen LogP contribution is -2.38. The maximum Gasteiger partial charge on any atom is 0.155 e. The highest BCUT2D eigenvalue weighted by atomic mass is 32.2. The van der Waals surface area contributed by atoms with E-state index in [0.29, 0.717) is 19.3 Å². The highest BCUT2D eigenvalue weighted by Crippen LogP contribution is 2.28. The van der Waals surface area contributed by atoms with Gasteiger partial charge in [0.25, 0.3) is 0 Å². The summed E-state index contributed by atoms with van der Waals surface area (Å²) in [6.07, 6.45) is 3.63. The molecule has 4 nitrogen and oxygen atoms in total. The molecule has 116 valence electrons. The van der Waals surface area contributed by atoms with Crippen LogP contribution in [0.5, 0.6) is 5.75 Å². The Bertz CT molecular complexity index is 609. The van der Waals surface area contributed by atoms with Crippen LogP contribution >= 0.6 is 0 Å². The number of aliphatic hydroxyl groups is 1. The lowest BCUT2D eigenvalue weighted by molar-refractivity contribution is 0.152. The van der Waals surface area contributed by atoms with Crippen LogP contribution in [0.1, 0.15) is 36.8 Å². The molecule has 2 aliphatic rings. The van der Waals surface area contributed by atoms with Crippen molar-refractivity contribution in [1.82, 2.24) is 0 Å². The maximum atomic E-state index is 12.0. The van der Waals surface area contributed by atoms with Gasteiger partial charge in [0.1, 0.15) is 5.75 Å². The molecule has 2 atom stereocenters. The molecular formula is C16H22O4S. The fraction of sp³-hybridized carbons (Fsp3) is 0.625. The fourth-order valence-corrected chi connectivity index (χ4v) is 5.36. The van der Waals surface area contributed by atoms with Gasteiger partial charge >= 0.3 is 0 Å². The maximum absolute atomic E-state index is 12.0. The van der Waals surface area contributed by atoms with Crippen LogP contribution in [0.25, 0.3) is 0 Å². The number of sulfone groups is 1. The Kier molecular flexibility index (Phi) is 4.22. The Morgan fingerprint density at radius 3 is 3.00 bits per heavy atom. The SMILES string of the molecule is O=S1(=O)CCCCC1C(O)CCc1ccc2c(c1)CCO2.